The Morgan fingerprint density at radius 1 is 1.00 bits per heavy atom. The van der Waals surface area contributed by atoms with Crippen LogP contribution in [0.3, 0.4) is 0 Å². The van der Waals surface area contributed by atoms with E-state index in [0.29, 0.717) is 0 Å². The number of hydrogen-bond acceptors (Lipinski definition) is 3. The van der Waals surface area contributed by atoms with Crippen molar-refractivity contribution in [3.8, 4) is 0 Å². The molecule has 1 aliphatic heterocycles. The molecule has 0 fully saturated rings. The van der Waals surface area contributed by atoms with Gasteiger partial charge in [-0.3, -0.25) is 0 Å². The molecular formula is C29H26ClN2S2+. The van der Waals surface area contributed by atoms with E-state index in [0.717, 1.165) is 29.2 Å². The molecule has 34 heavy (non-hydrogen) atoms. The molecule has 0 unspecified atom stereocenters. The number of thiazole rings is 1. The Kier molecular flexibility index (Phi) is 6.91. The number of allylic oxidation sites excluding steroid dienone is 3. The summed E-state index contributed by atoms with van der Waals surface area (Å²) in [5, 5.41) is 3.24. The van der Waals surface area contributed by atoms with Gasteiger partial charge >= 0.3 is 0 Å². The third-order valence-corrected chi connectivity index (χ3v) is 8.26. The number of halogens is 1. The fourth-order valence-corrected chi connectivity index (χ4v) is 6.77. The van der Waals surface area contributed by atoms with Gasteiger partial charge in [0.2, 0.25) is 5.52 Å². The van der Waals surface area contributed by atoms with Crippen LogP contribution in [-0.2, 0) is 6.54 Å². The molecule has 5 rings (SSSR count). The molecule has 0 amide bonds. The molecule has 1 aromatic heterocycles. The minimum atomic E-state index is 0.748. The predicted molar refractivity (Wildman–Crippen MR) is 150 cm³/mol. The zero-order chi connectivity index (χ0) is 23.5. The maximum Gasteiger partial charge on any atom is 0.263 e. The summed E-state index contributed by atoms with van der Waals surface area (Å²) >= 11 is 9.90. The highest BCUT2D eigenvalue weighted by molar-refractivity contribution is 8.03. The minimum absolute atomic E-state index is 0.748. The quantitative estimate of drug-likeness (QED) is 0.193. The standard InChI is InChI=1S/C29H26ClN2S2/c1-3-31-24-12-5-7-14-26(24)33-28(31)19-22(17-16-21-10-9-11-23(30)18-21)20-29-32(4-2)25-13-6-8-15-27(25)34-29/h5-20H,3-4H2,1-2H3/q+1/b17-16+. The molecule has 0 atom stereocenters. The van der Waals surface area contributed by atoms with Crippen molar-refractivity contribution < 1.29 is 4.57 Å². The Morgan fingerprint density at radius 2 is 1.82 bits per heavy atom. The average molecular weight is 502 g/mol. The summed E-state index contributed by atoms with van der Waals surface area (Å²) in [4.78, 5) is 3.69. The number of para-hydroxylation sites is 2. The zero-order valence-corrected chi connectivity index (χ0v) is 21.6. The van der Waals surface area contributed by atoms with Crippen molar-refractivity contribution in [1.29, 1.82) is 0 Å². The number of nitrogens with zero attached hydrogens (tertiary/aromatic N) is 2. The molecule has 3 aromatic carbocycles. The van der Waals surface area contributed by atoms with Gasteiger partial charge in [0.05, 0.1) is 10.7 Å². The van der Waals surface area contributed by atoms with Crippen molar-refractivity contribution in [2.24, 2.45) is 0 Å². The van der Waals surface area contributed by atoms with Crippen molar-refractivity contribution in [3.63, 3.8) is 0 Å². The van der Waals surface area contributed by atoms with Crippen LogP contribution in [0.1, 0.15) is 24.4 Å². The first-order chi connectivity index (χ1) is 16.7. The van der Waals surface area contributed by atoms with Gasteiger partial charge in [0, 0.05) is 28.6 Å². The summed E-state index contributed by atoms with van der Waals surface area (Å²) in [6.07, 6.45) is 8.95. The summed E-state index contributed by atoms with van der Waals surface area (Å²) in [5.41, 5.74) is 4.81. The van der Waals surface area contributed by atoms with Gasteiger partial charge in [-0.05, 0) is 61.4 Å². The summed E-state index contributed by atoms with van der Waals surface area (Å²) in [6, 6.07) is 25.2. The van der Waals surface area contributed by atoms with Crippen LogP contribution in [0.4, 0.5) is 5.69 Å². The van der Waals surface area contributed by atoms with Gasteiger partial charge in [0.25, 0.3) is 5.01 Å². The van der Waals surface area contributed by atoms with Gasteiger partial charge in [-0.2, -0.15) is 4.57 Å². The van der Waals surface area contributed by atoms with Crippen LogP contribution in [0.15, 0.2) is 100 Å². The van der Waals surface area contributed by atoms with Crippen molar-refractivity contribution >= 4 is 62.8 Å². The molecule has 0 N–H and O–H groups in total. The molecule has 0 saturated heterocycles. The minimum Gasteiger partial charge on any atom is -0.335 e. The van der Waals surface area contributed by atoms with E-state index in [2.05, 4.69) is 102 Å². The van der Waals surface area contributed by atoms with Crippen LogP contribution >= 0.6 is 34.7 Å². The molecular weight excluding hydrogens is 476 g/mol. The van der Waals surface area contributed by atoms with Gasteiger partial charge in [-0.15, -0.1) is 0 Å². The fourth-order valence-electron chi connectivity index (χ4n) is 4.20. The Morgan fingerprint density at radius 3 is 2.65 bits per heavy atom. The lowest BCUT2D eigenvalue weighted by atomic mass is 10.1. The Labute approximate surface area is 214 Å². The van der Waals surface area contributed by atoms with Crippen LogP contribution in [-0.4, -0.2) is 6.54 Å². The van der Waals surface area contributed by atoms with E-state index < -0.39 is 0 Å². The molecule has 4 aromatic rings. The second-order valence-corrected chi connectivity index (χ2v) is 10.5. The highest BCUT2D eigenvalue weighted by Gasteiger charge is 2.24. The smallest absolute Gasteiger partial charge is 0.263 e. The molecule has 2 nitrogen and oxygen atoms in total. The number of rotatable bonds is 6. The predicted octanol–water partition coefficient (Wildman–Crippen LogP) is 8.43. The van der Waals surface area contributed by atoms with Crippen molar-refractivity contribution in [3.05, 3.63) is 111 Å². The van der Waals surface area contributed by atoms with E-state index in [4.69, 9.17) is 11.6 Å². The summed E-state index contributed by atoms with van der Waals surface area (Å²) in [7, 11) is 0. The molecule has 170 valence electrons. The van der Waals surface area contributed by atoms with Gasteiger partial charge < -0.3 is 4.90 Å². The number of aryl methyl sites for hydroxylation is 1. The van der Waals surface area contributed by atoms with Gasteiger partial charge in [-0.1, -0.05) is 83.2 Å². The second kappa shape index (κ2) is 10.2. The number of hydrogen-bond donors (Lipinski definition) is 0. The average Bonchev–Trinajstić information content (AvgIpc) is 3.39. The number of benzene rings is 3. The normalized spacial score (nSPS) is 15.1. The highest BCUT2D eigenvalue weighted by atomic mass is 35.5. The lowest BCUT2D eigenvalue weighted by Crippen LogP contribution is -2.33. The molecule has 0 bridgehead atoms. The van der Waals surface area contributed by atoms with Crippen molar-refractivity contribution in [2.45, 2.75) is 25.3 Å². The first-order valence-electron chi connectivity index (χ1n) is 11.5. The van der Waals surface area contributed by atoms with Crippen LogP contribution in [0.2, 0.25) is 5.02 Å². The molecule has 0 aliphatic carbocycles. The monoisotopic (exact) mass is 501 g/mol. The second-order valence-electron chi connectivity index (χ2n) is 7.98. The van der Waals surface area contributed by atoms with E-state index in [1.165, 1.54) is 30.8 Å². The van der Waals surface area contributed by atoms with Crippen molar-refractivity contribution in [1.82, 2.24) is 0 Å². The topological polar surface area (TPSA) is 7.12 Å². The van der Waals surface area contributed by atoms with Gasteiger partial charge in [0.1, 0.15) is 11.2 Å². The molecule has 0 spiro atoms. The lowest BCUT2D eigenvalue weighted by Gasteiger charge is -2.18. The molecule has 0 radical (unpaired) electrons. The summed E-state index contributed by atoms with van der Waals surface area (Å²) in [6.45, 7) is 6.27. The lowest BCUT2D eigenvalue weighted by molar-refractivity contribution is -0.665. The summed E-state index contributed by atoms with van der Waals surface area (Å²) < 4.78 is 3.69. The van der Waals surface area contributed by atoms with E-state index >= 15 is 0 Å². The first kappa shape index (κ1) is 23.0. The maximum absolute atomic E-state index is 6.23. The number of thioether (sulfide) groups is 1. The van der Waals surface area contributed by atoms with Crippen LogP contribution in [0, 0.1) is 0 Å². The van der Waals surface area contributed by atoms with E-state index in [1.54, 1.807) is 0 Å². The van der Waals surface area contributed by atoms with Crippen LogP contribution in [0.25, 0.3) is 22.4 Å². The van der Waals surface area contributed by atoms with E-state index in [1.807, 2.05) is 41.3 Å². The molecule has 1 aliphatic rings. The Bertz CT molecular complexity index is 1430. The molecule has 5 heteroatoms. The molecule has 0 saturated carbocycles. The summed E-state index contributed by atoms with van der Waals surface area (Å²) in [5.74, 6) is 0. The van der Waals surface area contributed by atoms with Gasteiger partial charge in [-0.25, -0.2) is 0 Å². The number of aromatic nitrogens is 1. The molecule has 2 heterocycles. The first-order valence-corrected chi connectivity index (χ1v) is 13.5. The van der Waals surface area contributed by atoms with Gasteiger partial charge in [0.15, 0.2) is 0 Å². The Hall–Kier alpha value is -2.79. The Balaban J connectivity index is 1.61. The number of anilines is 1. The largest absolute Gasteiger partial charge is 0.335 e. The SMILES string of the molecule is CCN1/C(=C/C(=C\c2sc3ccccc3[n+]2CC)/C=C/c2cccc(Cl)c2)Sc2ccccc21. The van der Waals surface area contributed by atoms with E-state index in [9.17, 15) is 0 Å². The third-order valence-electron chi connectivity index (χ3n) is 5.80. The third kappa shape index (κ3) is 4.72. The zero-order valence-electron chi connectivity index (χ0n) is 19.2. The van der Waals surface area contributed by atoms with E-state index in [-0.39, 0.29) is 0 Å². The number of fused-ring (bicyclic) bond motifs is 2. The fraction of sp³-hybridized carbons (Fsp3) is 0.138. The highest BCUT2D eigenvalue weighted by Crippen LogP contribution is 2.46. The maximum atomic E-state index is 6.23. The van der Waals surface area contributed by atoms with Crippen LogP contribution in [0.5, 0.6) is 0 Å². The van der Waals surface area contributed by atoms with Crippen molar-refractivity contribution in [2.75, 3.05) is 11.4 Å². The van der Waals surface area contributed by atoms with Crippen LogP contribution < -0.4 is 9.47 Å².